The molecule has 1 fully saturated rings. The van der Waals surface area contributed by atoms with Gasteiger partial charge in [-0.15, -0.1) is 5.10 Å². The molecule has 2 aromatic heterocycles. The van der Waals surface area contributed by atoms with Crippen LogP contribution in [0.4, 0.5) is 0 Å². The van der Waals surface area contributed by atoms with Crippen molar-refractivity contribution >= 4 is 11.8 Å². The van der Waals surface area contributed by atoms with E-state index >= 15 is 0 Å². The Morgan fingerprint density at radius 1 is 1.58 bits per heavy atom. The maximum atomic E-state index is 11.7. The summed E-state index contributed by atoms with van der Waals surface area (Å²) in [5, 5.41) is 8.05. The zero-order valence-corrected chi connectivity index (χ0v) is 11.4. The molecule has 19 heavy (non-hydrogen) atoms. The number of hydrogen-bond acceptors (Lipinski definition) is 5. The minimum atomic E-state index is -0.150. The summed E-state index contributed by atoms with van der Waals surface area (Å²) in [6.45, 7) is 1.92. The fourth-order valence-electron chi connectivity index (χ4n) is 1.94. The Morgan fingerprint density at radius 2 is 2.37 bits per heavy atom. The van der Waals surface area contributed by atoms with Gasteiger partial charge in [-0.05, 0) is 37.6 Å². The van der Waals surface area contributed by atoms with Crippen LogP contribution in [0.2, 0.25) is 0 Å². The first kappa shape index (κ1) is 12.4. The first-order valence-electron chi connectivity index (χ1n) is 6.22. The number of rotatable bonds is 4. The summed E-state index contributed by atoms with van der Waals surface area (Å²) in [7, 11) is 0. The number of nitrogens with zero attached hydrogens (tertiary/aromatic N) is 3. The highest BCUT2D eigenvalue weighted by molar-refractivity contribution is 7.99. The largest absolute Gasteiger partial charge is 0.344 e. The van der Waals surface area contributed by atoms with Crippen LogP contribution in [0, 0.1) is 0 Å². The highest BCUT2D eigenvalue weighted by Gasteiger charge is 2.29. The normalized spacial score (nSPS) is 16.5. The molecule has 1 atom stereocenters. The number of nitrogens with two attached hydrogens (primary N) is 1. The summed E-state index contributed by atoms with van der Waals surface area (Å²) >= 11 is 1.39. The molecular weight excluding hydrogens is 262 g/mol. The Hall–Kier alpha value is -1.60. The Balaban J connectivity index is 1.96. The minimum absolute atomic E-state index is 0.101. The van der Waals surface area contributed by atoms with Gasteiger partial charge >= 0.3 is 5.69 Å². The predicted molar refractivity (Wildman–Crippen MR) is 72.1 cm³/mol. The first-order chi connectivity index (χ1) is 9.16. The van der Waals surface area contributed by atoms with E-state index in [1.54, 1.807) is 10.8 Å². The fraction of sp³-hybridized carbons (Fsp3) is 0.417. The summed E-state index contributed by atoms with van der Waals surface area (Å²) < 4.78 is 1.71. The van der Waals surface area contributed by atoms with Crippen LogP contribution in [0.25, 0.3) is 0 Å². The summed E-state index contributed by atoms with van der Waals surface area (Å²) in [4.78, 5) is 16.1. The van der Waals surface area contributed by atoms with Crippen LogP contribution < -0.4 is 11.4 Å². The van der Waals surface area contributed by atoms with E-state index in [2.05, 4.69) is 15.2 Å². The smallest absolute Gasteiger partial charge is 0.324 e. The van der Waals surface area contributed by atoms with Crippen LogP contribution in [-0.2, 0) is 0 Å². The molecule has 0 spiro atoms. The van der Waals surface area contributed by atoms with Crippen molar-refractivity contribution in [3.63, 3.8) is 0 Å². The number of aromatic nitrogens is 4. The third kappa shape index (κ3) is 2.43. The molecule has 0 unspecified atom stereocenters. The topological polar surface area (TPSA) is 89.6 Å². The molecule has 2 heterocycles. The Bertz CT molecular complexity index is 644. The van der Waals surface area contributed by atoms with Gasteiger partial charge in [0, 0.05) is 23.8 Å². The molecule has 100 valence electrons. The molecule has 0 aromatic carbocycles. The van der Waals surface area contributed by atoms with Gasteiger partial charge in [0.2, 0.25) is 0 Å². The lowest BCUT2D eigenvalue weighted by Crippen LogP contribution is -2.16. The molecule has 1 saturated carbocycles. The molecule has 0 radical (unpaired) electrons. The van der Waals surface area contributed by atoms with Gasteiger partial charge in [0.15, 0.2) is 5.16 Å². The average Bonchev–Trinajstić information content (AvgIpc) is 3.15. The lowest BCUT2D eigenvalue weighted by molar-refractivity contribution is 0.641. The van der Waals surface area contributed by atoms with Crippen molar-refractivity contribution in [2.45, 2.75) is 42.0 Å². The van der Waals surface area contributed by atoms with E-state index in [0.29, 0.717) is 5.16 Å². The van der Waals surface area contributed by atoms with Crippen molar-refractivity contribution in [3.8, 4) is 0 Å². The maximum Gasteiger partial charge on any atom is 0.344 e. The van der Waals surface area contributed by atoms with Crippen molar-refractivity contribution in [1.29, 1.82) is 0 Å². The van der Waals surface area contributed by atoms with E-state index in [-0.39, 0.29) is 17.8 Å². The van der Waals surface area contributed by atoms with Crippen molar-refractivity contribution in [1.82, 2.24) is 19.7 Å². The zero-order valence-electron chi connectivity index (χ0n) is 10.5. The van der Waals surface area contributed by atoms with Gasteiger partial charge in [-0.25, -0.2) is 14.9 Å². The summed E-state index contributed by atoms with van der Waals surface area (Å²) in [5.74, 6) is 0. The van der Waals surface area contributed by atoms with Gasteiger partial charge in [0.25, 0.3) is 0 Å². The van der Waals surface area contributed by atoms with E-state index in [4.69, 9.17) is 5.73 Å². The van der Waals surface area contributed by atoms with Crippen molar-refractivity contribution in [3.05, 3.63) is 34.4 Å². The van der Waals surface area contributed by atoms with Crippen LogP contribution in [0.5, 0.6) is 0 Å². The van der Waals surface area contributed by atoms with Crippen LogP contribution in [-0.4, -0.2) is 19.7 Å². The first-order valence-corrected chi connectivity index (χ1v) is 7.03. The second-order valence-electron chi connectivity index (χ2n) is 4.70. The lowest BCUT2D eigenvalue weighted by Gasteiger charge is -2.10. The van der Waals surface area contributed by atoms with E-state index in [1.807, 2.05) is 19.1 Å². The van der Waals surface area contributed by atoms with Gasteiger partial charge < -0.3 is 5.73 Å². The second-order valence-corrected chi connectivity index (χ2v) is 5.66. The Labute approximate surface area is 114 Å². The van der Waals surface area contributed by atoms with Gasteiger partial charge in [-0.3, -0.25) is 4.57 Å². The van der Waals surface area contributed by atoms with Crippen LogP contribution in [0.15, 0.2) is 33.3 Å². The number of pyridine rings is 1. The molecule has 0 aliphatic heterocycles. The van der Waals surface area contributed by atoms with Crippen molar-refractivity contribution < 1.29 is 0 Å². The lowest BCUT2D eigenvalue weighted by atomic mass is 10.2. The Kier molecular flexibility index (Phi) is 3.16. The van der Waals surface area contributed by atoms with Gasteiger partial charge in [-0.2, -0.15) is 0 Å². The molecule has 1 aliphatic rings. The molecule has 3 rings (SSSR count). The molecule has 1 aliphatic carbocycles. The zero-order chi connectivity index (χ0) is 13.4. The van der Waals surface area contributed by atoms with Crippen LogP contribution in [0.1, 0.15) is 37.4 Å². The standard InChI is InChI=1S/C12H15N5OS/c1-7(13)9-3-2-6-14-10(9)19-12-16-15-11(18)17(12)8-4-5-8/h2-3,6-8H,4-5,13H2,1H3,(H,15,18)/t7-/m1/s1. The van der Waals surface area contributed by atoms with Gasteiger partial charge in [-0.1, -0.05) is 6.07 Å². The number of H-pyrrole nitrogens is 1. The third-order valence-corrected chi connectivity index (χ3v) is 4.07. The predicted octanol–water partition coefficient (Wildman–Crippen LogP) is 1.47. The number of nitrogens with one attached hydrogen (secondary N) is 1. The summed E-state index contributed by atoms with van der Waals surface area (Å²) in [5.41, 5.74) is 6.75. The van der Waals surface area contributed by atoms with Gasteiger partial charge in [0.1, 0.15) is 5.03 Å². The molecule has 2 aromatic rings. The maximum absolute atomic E-state index is 11.7. The number of hydrogen-bond donors (Lipinski definition) is 2. The van der Waals surface area contributed by atoms with Gasteiger partial charge in [0.05, 0.1) is 0 Å². The highest BCUT2D eigenvalue weighted by atomic mass is 32.2. The van der Waals surface area contributed by atoms with Crippen LogP contribution >= 0.6 is 11.8 Å². The second kappa shape index (κ2) is 4.82. The summed E-state index contributed by atoms with van der Waals surface area (Å²) in [6, 6.07) is 4.00. The van der Waals surface area contributed by atoms with E-state index in [9.17, 15) is 4.79 Å². The quantitative estimate of drug-likeness (QED) is 0.883. The molecular formula is C12H15N5OS. The molecule has 0 bridgehead atoms. The van der Waals surface area contributed by atoms with E-state index in [0.717, 1.165) is 23.4 Å². The molecule has 7 heteroatoms. The SMILES string of the molecule is C[C@@H](N)c1cccnc1Sc1n[nH]c(=O)n1C1CC1. The Morgan fingerprint density at radius 3 is 3.05 bits per heavy atom. The van der Waals surface area contributed by atoms with Crippen LogP contribution in [0.3, 0.4) is 0 Å². The average molecular weight is 277 g/mol. The monoisotopic (exact) mass is 277 g/mol. The number of aromatic amines is 1. The van der Waals surface area contributed by atoms with Crippen molar-refractivity contribution in [2.75, 3.05) is 0 Å². The molecule has 0 saturated heterocycles. The van der Waals surface area contributed by atoms with E-state index in [1.165, 1.54) is 11.8 Å². The molecule has 0 amide bonds. The third-order valence-electron chi connectivity index (χ3n) is 3.06. The van der Waals surface area contributed by atoms with E-state index < -0.39 is 0 Å². The van der Waals surface area contributed by atoms with Crippen molar-refractivity contribution in [2.24, 2.45) is 5.73 Å². The molecule has 3 N–H and O–H groups in total. The minimum Gasteiger partial charge on any atom is -0.324 e. The summed E-state index contributed by atoms with van der Waals surface area (Å²) in [6.07, 6.45) is 3.80. The highest BCUT2D eigenvalue weighted by Crippen LogP contribution is 2.38. The fourth-order valence-corrected chi connectivity index (χ4v) is 3.02. The molecule has 6 nitrogen and oxygen atoms in total.